The third kappa shape index (κ3) is 14.1. The molecule has 11 N–H and O–H groups in total. The summed E-state index contributed by atoms with van der Waals surface area (Å²) in [4.78, 5) is 87.2. The smallest absolute Gasteiger partial charge is 0.322 e. The van der Waals surface area contributed by atoms with Crippen molar-refractivity contribution in [3.05, 3.63) is 71.8 Å². The molecule has 0 heterocycles. The molecule has 0 bridgehead atoms. The highest BCUT2D eigenvalue weighted by Crippen LogP contribution is 2.07. The Morgan fingerprint density at radius 1 is 0.653 bits per heavy atom. The number of aliphatic hydroxyl groups excluding tert-OH is 2. The lowest BCUT2D eigenvalue weighted by molar-refractivity contribution is -0.140. The molecule has 266 valence electrons. The second kappa shape index (κ2) is 20.1. The molecule has 0 aliphatic rings. The molecular formula is C32H42N6O11. The third-order valence-corrected chi connectivity index (χ3v) is 7.12. The van der Waals surface area contributed by atoms with Crippen LogP contribution < -0.4 is 32.3 Å². The van der Waals surface area contributed by atoms with E-state index in [4.69, 9.17) is 15.9 Å². The van der Waals surface area contributed by atoms with Gasteiger partial charge in [0.2, 0.25) is 29.5 Å². The number of hydrogen-bond acceptors (Lipinski definition) is 10. The van der Waals surface area contributed by atoms with Crippen LogP contribution in [-0.2, 0) is 46.4 Å². The molecule has 49 heavy (non-hydrogen) atoms. The van der Waals surface area contributed by atoms with Crippen LogP contribution in [0.15, 0.2) is 60.7 Å². The first kappa shape index (κ1) is 39.8. The number of rotatable bonds is 20. The lowest BCUT2D eigenvalue weighted by Crippen LogP contribution is -2.61. The van der Waals surface area contributed by atoms with E-state index in [-0.39, 0.29) is 12.8 Å². The fourth-order valence-electron chi connectivity index (χ4n) is 4.51. The number of aliphatic hydroxyl groups is 2. The number of hydrogen-bond donors (Lipinski definition) is 10. The van der Waals surface area contributed by atoms with Crippen molar-refractivity contribution in [2.75, 3.05) is 13.2 Å². The summed E-state index contributed by atoms with van der Waals surface area (Å²) in [6.07, 6.45) is -2.52. The van der Waals surface area contributed by atoms with Crippen molar-refractivity contribution >= 4 is 41.5 Å². The first-order chi connectivity index (χ1) is 23.2. The highest BCUT2D eigenvalue weighted by molar-refractivity contribution is 5.96. The van der Waals surface area contributed by atoms with Gasteiger partial charge in [-0.25, -0.2) is 0 Å². The van der Waals surface area contributed by atoms with Gasteiger partial charge in [-0.15, -0.1) is 0 Å². The summed E-state index contributed by atoms with van der Waals surface area (Å²) in [6.45, 7) is -0.662. The minimum Gasteiger partial charge on any atom is -0.481 e. The van der Waals surface area contributed by atoms with E-state index in [1.807, 2.05) is 5.32 Å². The van der Waals surface area contributed by atoms with Crippen molar-refractivity contribution < 1.29 is 54.0 Å². The topological polar surface area (TPSA) is 287 Å². The molecule has 0 radical (unpaired) electrons. The van der Waals surface area contributed by atoms with E-state index in [9.17, 15) is 43.8 Å². The molecule has 2 aromatic carbocycles. The second-order valence-electron chi connectivity index (χ2n) is 11.1. The quantitative estimate of drug-likeness (QED) is 0.0675. The molecule has 2 aromatic rings. The summed E-state index contributed by atoms with van der Waals surface area (Å²) < 4.78 is 0. The van der Waals surface area contributed by atoms with Crippen LogP contribution in [0.5, 0.6) is 0 Å². The highest BCUT2D eigenvalue weighted by atomic mass is 16.4. The van der Waals surface area contributed by atoms with Crippen molar-refractivity contribution in [1.29, 1.82) is 0 Å². The molecule has 6 atom stereocenters. The van der Waals surface area contributed by atoms with Crippen LogP contribution in [-0.4, -0.2) is 111 Å². The van der Waals surface area contributed by atoms with Gasteiger partial charge in [0.05, 0.1) is 18.8 Å². The Bertz CT molecular complexity index is 1440. The predicted octanol–water partition coefficient (Wildman–Crippen LogP) is -2.82. The number of aliphatic carboxylic acids is 2. The molecule has 0 fully saturated rings. The zero-order valence-corrected chi connectivity index (χ0v) is 26.7. The van der Waals surface area contributed by atoms with Crippen molar-refractivity contribution in [1.82, 2.24) is 26.6 Å². The summed E-state index contributed by atoms with van der Waals surface area (Å²) in [7, 11) is 0. The standard InChI is InChI=1S/C32H42N6O11/c1-18(40)27(32(49)34-16-26(43)44)38-29(46)22(12-13-25(41)42)35-31(48)24(17-39)37-30(47)23(15-20-10-6-3-7-11-20)36-28(45)21(33)14-19-8-4-2-5-9-19/h2-11,18,21-24,27,39-40H,12-17,33H2,1H3,(H,34,49)(H,35,48)(H,36,45)(H,37,47)(H,38,46)(H,41,42)(H,43,44)/t18-,21+,22+,23+,24+,27+/m1/s1. The summed E-state index contributed by atoms with van der Waals surface area (Å²) in [5.74, 6) is -7.57. The summed E-state index contributed by atoms with van der Waals surface area (Å²) in [5.41, 5.74) is 7.54. The molecule has 0 spiro atoms. The van der Waals surface area contributed by atoms with Crippen LogP contribution in [0.3, 0.4) is 0 Å². The highest BCUT2D eigenvalue weighted by Gasteiger charge is 2.33. The number of nitrogens with one attached hydrogen (secondary N) is 5. The van der Waals surface area contributed by atoms with Gasteiger partial charge in [-0.3, -0.25) is 33.6 Å². The molecule has 0 saturated carbocycles. The molecule has 5 amide bonds. The summed E-state index contributed by atoms with van der Waals surface area (Å²) >= 11 is 0. The number of carboxylic acid groups (broad SMARTS) is 2. The third-order valence-electron chi connectivity index (χ3n) is 7.12. The van der Waals surface area contributed by atoms with E-state index < -0.39 is 104 Å². The lowest BCUT2D eigenvalue weighted by atomic mass is 10.0. The monoisotopic (exact) mass is 686 g/mol. The number of amides is 5. The van der Waals surface area contributed by atoms with Crippen molar-refractivity contribution in [2.45, 2.75) is 68.9 Å². The number of nitrogens with two attached hydrogens (primary N) is 1. The molecule has 0 aliphatic carbocycles. The average Bonchev–Trinajstić information content (AvgIpc) is 3.06. The Balaban J connectivity index is 2.21. The number of carbonyl (C=O) groups is 7. The van der Waals surface area contributed by atoms with Gasteiger partial charge < -0.3 is 52.7 Å². The zero-order chi connectivity index (χ0) is 36.5. The first-order valence-corrected chi connectivity index (χ1v) is 15.3. The fraction of sp³-hybridized carbons (Fsp3) is 0.406. The van der Waals surface area contributed by atoms with E-state index >= 15 is 0 Å². The van der Waals surface area contributed by atoms with E-state index in [1.165, 1.54) is 0 Å². The Hall–Kier alpha value is -5.39. The van der Waals surface area contributed by atoms with Crippen LogP contribution in [0.25, 0.3) is 0 Å². The molecule has 0 unspecified atom stereocenters. The van der Waals surface area contributed by atoms with Gasteiger partial charge in [-0.2, -0.15) is 0 Å². The summed E-state index contributed by atoms with van der Waals surface area (Å²) in [5, 5.41) is 49.3. The van der Waals surface area contributed by atoms with Crippen LogP contribution >= 0.6 is 0 Å². The SMILES string of the molecule is C[C@@H](O)[C@H](NC(=O)[C@H](CCC(=O)O)NC(=O)[C@H](CO)NC(=O)[C@H](Cc1ccccc1)NC(=O)[C@@H](N)Cc1ccccc1)C(=O)NCC(=O)O. The Morgan fingerprint density at radius 3 is 1.65 bits per heavy atom. The minimum absolute atomic E-state index is 0.0233. The predicted molar refractivity (Wildman–Crippen MR) is 172 cm³/mol. The first-order valence-electron chi connectivity index (χ1n) is 15.3. The Morgan fingerprint density at radius 2 is 1.14 bits per heavy atom. The molecule has 0 aromatic heterocycles. The minimum atomic E-state index is -1.69. The zero-order valence-electron chi connectivity index (χ0n) is 26.7. The number of carboxylic acids is 2. The van der Waals surface area contributed by atoms with Crippen LogP contribution in [0.1, 0.15) is 30.9 Å². The van der Waals surface area contributed by atoms with Gasteiger partial charge in [0.1, 0.15) is 30.7 Å². The molecular weight excluding hydrogens is 644 g/mol. The van der Waals surface area contributed by atoms with E-state index in [1.54, 1.807) is 60.7 Å². The Kier molecular flexibility index (Phi) is 16.3. The van der Waals surface area contributed by atoms with Crippen LogP contribution in [0, 0.1) is 0 Å². The van der Waals surface area contributed by atoms with Gasteiger partial charge in [-0.05, 0) is 30.9 Å². The van der Waals surface area contributed by atoms with Crippen molar-refractivity contribution in [2.24, 2.45) is 5.73 Å². The van der Waals surface area contributed by atoms with Gasteiger partial charge in [-0.1, -0.05) is 60.7 Å². The molecule has 0 aliphatic heterocycles. The fourth-order valence-corrected chi connectivity index (χ4v) is 4.51. The van der Waals surface area contributed by atoms with Gasteiger partial charge in [0, 0.05) is 12.8 Å². The molecule has 0 saturated heterocycles. The maximum atomic E-state index is 13.4. The maximum Gasteiger partial charge on any atom is 0.322 e. The maximum absolute atomic E-state index is 13.4. The van der Waals surface area contributed by atoms with Crippen LogP contribution in [0.4, 0.5) is 0 Å². The molecule has 17 heteroatoms. The lowest BCUT2D eigenvalue weighted by Gasteiger charge is -2.26. The second-order valence-corrected chi connectivity index (χ2v) is 11.1. The van der Waals surface area contributed by atoms with Crippen LogP contribution in [0.2, 0.25) is 0 Å². The van der Waals surface area contributed by atoms with E-state index in [2.05, 4.69) is 21.3 Å². The normalized spacial score (nSPS) is 14.4. The van der Waals surface area contributed by atoms with Crippen molar-refractivity contribution in [3.63, 3.8) is 0 Å². The van der Waals surface area contributed by atoms with E-state index in [0.29, 0.717) is 5.56 Å². The van der Waals surface area contributed by atoms with E-state index in [0.717, 1.165) is 12.5 Å². The van der Waals surface area contributed by atoms with Gasteiger partial charge in [0.25, 0.3) is 0 Å². The molecule has 17 nitrogen and oxygen atoms in total. The largest absolute Gasteiger partial charge is 0.481 e. The van der Waals surface area contributed by atoms with Crippen molar-refractivity contribution in [3.8, 4) is 0 Å². The Labute approximate surface area is 281 Å². The summed E-state index contributed by atoms with van der Waals surface area (Å²) in [6, 6.07) is 10.3. The average molecular weight is 687 g/mol. The number of carbonyl (C=O) groups excluding carboxylic acids is 5. The van der Waals surface area contributed by atoms with Gasteiger partial charge >= 0.3 is 11.9 Å². The molecule has 2 rings (SSSR count). The number of benzene rings is 2. The van der Waals surface area contributed by atoms with Gasteiger partial charge in [0.15, 0.2) is 0 Å².